The Hall–Kier alpha value is -3.41. The summed E-state index contributed by atoms with van der Waals surface area (Å²) in [6.07, 6.45) is 1.72. The molecule has 0 spiro atoms. The van der Waals surface area contributed by atoms with E-state index in [1.54, 1.807) is 4.68 Å². The lowest BCUT2D eigenvalue weighted by Crippen LogP contribution is -2.23. The van der Waals surface area contributed by atoms with Crippen molar-refractivity contribution >= 4 is 23.3 Å². The summed E-state index contributed by atoms with van der Waals surface area (Å²) >= 11 is 0. The zero-order chi connectivity index (χ0) is 21.3. The zero-order valence-electron chi connectivity index (χ0n) is 17.5. The monoisotopic (exact) mass is 402 g/mol. The van der Waals surface area contributed by atoms with Crippen LogP contribution in [0.15, 0.2) is 48.5 Å². The average molecular weight is 402 g/mol. The number of carbonyl (C=O) groups excluding carboxylic acids is 2. The number of rotatable bonds is 6. The van der Waals surface area contributed by atoms with Gasteiger partial charge in [-0.3, -0.25) is 9.59 Å². The molecular formula is C24H26N4O2. The predicted octanol–water partition coefficient (Wildman–Crippen LogP) is 4.51. The topological polar surface area (TPSA) is 76.0 Å². The SMILES string of the molecule is CCc1ccc(NC(=O)CC2C(=O)Nc3c(-c4ccc(C)cc4)c(CC)nn32)cc1. The molecule has 3 aromatic rings. The van der Waals surface area contributed by atoms with E-state index in [4.69, 9.17) is 0 Å². The Morgan fingerprint density at radius 1 is 1.07 bits per heavy atom. The van der Waals surface area contributed by atoms with Gasteiger partial charge < -0.3 is 10.6 Å². The van der Waals surface area contributed by atoms with Crippen LogP contribution in [0.1, 0.15) is 43.1 Å². The van der Waals surface area contributed by atoms with E-state index in [2.05, 4.69) is 22.7 Å². The van der Waals surface area contributed by atoms with E-state index in [1.165, 1.54) is 11.1 Å². The fraction of sp³-hybridized carbons (Fsp3) is 0.292. The molecule has 1 atom stereocenters. The van der Waals surface area contributed by atoms with Crippen LogP contribution in [0.3, 0.4) is 0 Å². The second-order valence-corrected chi connectivity index (χ2v) is 7.64. The van der Waals surface area contributed by atoms with Crippen LogP contribution in [0.5, 0.6) is 0 Å². The van der Waals surface area contributed by atoms with Crippen molar-refractivity contribution in [3.05, 3.63) is 65.4 Å². The van der Waals surface area contributed by atoms with Crippen LogP contribution in [0.4, 0.5) is 11.5 Å². The lowest BCUT2D eigenvalue weighted by molar-refractivity contribution is -0.123. The molecule has 154 valence electrons. The average Bonchev–Trinajstić information content (AvgIpc) is 3.24. The molecule has 0 radical (unpaired) electrons. The zero-order valence-corrected chi connectivity index (χ0v) is 17.5. The fourth-order valence-electron chi connectivity index (χ4n) is 3.80. The molecule has 1 aromatic heterocycles. The van der Waals surface area contributed by atoms with Gasteiger partial charge in [0, 0.05) is 11.3 Å². The third kappa shape index (κ3) is 3.73. The molecule has 4 rings (SSSR count). The second-order valence-electron chi connectivity index (χ2n) is 7.64. The Bertz CT molecular complexity index is 1080. The largest absolute Gasteiger partial charge is 0.326 e. The maximum Gasteiger partial charge on any atom is 0.251 e. The smallest absolute Gasteiger partial charge is 0.251 e. The van der Waals surface area contributed by atoms with Crippen molar-refractivity contribution in [1.29, 1.82) is 0 Å². The lowest BCUT2D eigenvalue weighted by atomic mass is 10.0. The quantitative estimate of drug-likeness (QED) is 0.637. The van der Waals surface area contributed by atoms with Gasteiger partial charge in [0.05, 0.1) is 12.1 Å². The van der Waals surface area contributed by atoms with Crippen molar-refractivity contribution in [1.82, 2.24) is 9.78 Å². The van der Waals surface area contributed by atoms with E-state index in [1.807, 2.05) is 62.4 Å². The van der Waals surface area contributed by atoms with Gasteiger partial charge in [0.15, 0.2) is 0 Å². The highest BCUT2D eigenvalue weighted by Crippen LogP contribution is 2.38. The van der Waals surface area contributed by atoms with E-state index in [0.29, 0.717) is 5.82 Å². The van der Waals surface area contributed by atoms with E-state index >= 15 is 0 Å². The van der Waals surface area contributed by atoms with Crippen LogP contribution >= 0.6 is 0 Å². The second kappa shape index (κ2) is 8.14. The summed E-state index contributed by atoms with van der Waals surface area (Å²) in [5.74, 6) is 0.258. The molecule has 2 amide bonds. The highest BCUT2D eigenvalue weighted by Gasteiger charge is 2.36. The van der Waals surface area contributed by atoms with Gasteiger partial charge in [-0.05, 0) is 43.0 Å². The molecule has 1 unspecified atom stereocenters. The first-order valence-corrected chi connectivity index (χ1v) is 10.4. The minimum Gasteiger partial charge on any atom is -0.326 e. The Balaban J connectivity index is 1.57. The van der Waals surface area contributed by atoms with Gasteiger partial charge in [0.2, 0.25) is 5.91 Å². The standard InChI is InChI=1S/C24H26N4O2/c1-4-16-8-12-18(13-9-16)25-21(29)14-20-24(30)26-23-22(19(5-2)27-28(20)23)17-10-6-15(3)7-11-17/h6-13,20H,4-5,14H2,1-3H3,(H,25,29)(H,26,30). The Morgan fingerprint density at radius 3 is 2.40 bits per heavy atom. The Labute approximate surface area is 176 Å². The van der Waals surface area contributed by atoms with Gasteiger partial charge in [-0.25, -0.2) is 4.68 Å². The van der Waals surface area contributed by atoms with Gasteiger partial charge in [0.25, 0.3) is 5.91 Å². The molecule has 0 bridgehead atoms. The van der Waals surface area contributed by atoms with Crippen LogP contribution in [0.25, 0.3) is 11.1 Å². The van der Waals surface area contributed by atoms with Crippen LogP contribution < -0.4 is 10.6 Å². The molecule has 6 heteroatoms. The Morgan fingerprint density at radius 2 is 1.77 bits per heavy atom. The van der Waals surface area contributed by atoms with Gasteiger partial charge in [-0.1, -0.05) is 55.8 Å². The first kappa shape index (κ1) is 19.9. The van der Waals surface area contributed by atoms with Gasteiger partial charge in [-0.2, -0.15) is 5.10 Å². The summed E-state index contributed by atoms with van der Waals surface area (Å²) < 4.78 is 1.68. The van der Waals surface area contributed by atoms with Crippen molar-refractivity contribution in [2.75, 3.05) is 10.6 Å². The number of anilines is 2. The van der Waals surface area contributed by atoms with Gasteiger partial charge in [-0.15, -0.1) is 0 Å². The number of hydrogen-bond donors (Lipinski definition) is 2. The summed E-state index contributed by atoms with van der Waals surface area (Å²) in [5.41, 5.74) is 5.97. The molecular weight excluding hydrogens is 376 g/mol. The molecule has 0 fully saturated rings. The molecule has 30 heavy (non-hydrogen) atoms. The number of nitrogens with zero attached hydrogens (tertiary/aromatic N) is 2. The third-order valence-electron chi connectivity index (χ3n) is 5.52. The molecule has 2 aromatic carbocycles. The minimum absolute atomic E-state index is 0.0343. The van der Waals surface area contributed by atoms with Crippen molar-refractivity contribution < 1.29 is 9.59 Å². The van der Waals surface area contributed by atoms with Gasteiger partial charge in [0.1, 0.15) is 11.9 Å². The number of benzene rings is 2. The molecule has 6 nitrogen and oxygen atoms in total. The maximum absolute atomic E-state index is 12.6. The number of carbonyl (C=O) groups is 2. The normalized spacial score (nSPS) is 15.0. The van der Waals surface area contributed by atoms with E-state index in [9.17, 15) is 9.59 Å². The number of aryl methyl sites for hydroxylation is 3. The van der Waals surface area contributed by atoms with Crippen molar-refractivity contribution in [3.63, 3.8) is 0 Å². The molecule has 2 N–H and O–H groups in total. The van der Waals surface area contributed by atoms with Gasteiger partial charge >= 0.3 is 0 Å². The number of nitrogens with one attached hydrogen (secondary N) is 2. The number of aromatic nitrogens is 2. The first-order valence-electron chi connectivity index (χ1n) is 10.4. The fourth-order valence-corrected chi connectivity index (χ4v) is 3.80. The molecule has 2 heterocycles. The van der Waals surface area contributed by atoms with E-state index < -0.39 is 6.04 Å². The summed E-state index contributed by atoms with van der Waals surface area (Å²) in [7, 11) is 0. The van der Waals surface area contributed by atoms with E-state index in [0.717, 1.165) is 35.3 Å². The summed E-state index contributed by atoms with van der Waals surface area (Å²) in [6.45, 7) is 6.17. The van der Waals surface area contributed by atoms with Crippen LogP contribution in [0, 0.1) is 6.92 Å². The van der Waals surface area contributed by atoms with Crippen molar-refractivity contribution in [3.8, 4) is 11.1 Å². The van der Waals surface area contributed by atoms with Crippen molar-refractivity contribution in [2.45, 2.75) is 46.1 Å². The third-order valence-corrected chi connectivity index (χ3v) is 5.52. The maximum atomic E-state index is 12.6. The molecule has 1 aliphatic heterocycles. The Kier molecular flexibility index (Phi) is 5.40. The molecule has 0 saturated carbocycles. The van der Waals surface area contributed by atoms with Crippen LogP contribution in [-0.2, 0) is 22.4 Å². The number of amides is 2. The minimum atomic E-state index is -0.653. The highest BCUT2D eigenvalue weighted by molar-refractivity contribution is 6.04. The lowest BCUT2D eigenvalue weighted by Gasteiger charge is -2.10. The number of hydrogen-bond acceptors (Lipinski definition) is 3. The molecule has 0 aliphatic carbocycles. The summed E-state index contributed by atoms with van der Waals surface area (Å²) in [6, 6.07) is 15.3. The predicted molar refractivity (Wildman–Crippen MR) is 119 cm³/mol. The number of fused-ring (bicyclic) bond motifs is 1. The van der Waals surface area contributed by atoms with E-state index in [-0.39, 0.29) is 18.2 Å². The van der Waals surface area contributed by atoms with Crippen molar-refractivity contribution in [2.24, 2.45) is 0 Å². The first-order chi connectivity index (χ1) is 14.5. The van der Waals surface area contributed by atoms with Crippen LogP contribution in [-0.4, -0.2) is 21.6 Å². The molecule has 0 saturated heterocycles. The van der Waals surface area contributed by atoms with Crippen LogP contribution in [0.2, 0.25) is 0 Å². The molecule has 1 aliphatic rings. The summed E-state index contributed by atoms with van der Waals surface area (Å²) in [5, 5.41) is 10.5. The summed E-state index contributed by atoms with van der Waals surface area (Å²) in [4.78, 5) is 25.3. The highest BCUT2D eigenvalue weighted by atomic mass is 16.2.